The van der Waals surface area contributed by atoms with Crippen LogP contribution in [0.2, 0.25) is 0 Å². The monoisotopic (exact) mass is 351 g/mol. The van der Waals surface area contributed by atoms with Crippen molar-refractivity contribution >= 4 is 21.8 Å². The van der Waals surface area contributed by atoms with Gasteiger partial charge in [0.15, 0.2) is 0 Å². The highest BCUT2D eigenvalue weighted by molar-refractivity contribution is 9.10. The predicted molar refractivity (Wildman–Crippen MR) is 70.3 cm³/mol. The van der Waals surface area contributed by atoms with Crippen LogP contribution in [0.5, 0.6) is 0 Å². The molecule has 7 heteroatoms. The maximum atomic E-state index is 13.0. The van der Waals surface area contributed by atoms with Crippen molar-refractivity contribution in [1.82, 2.24) is 4.90 Å². The van der Waals surface area contributed by atoms with Gasteiger partial charge in [-0.1, -0.05) is 22.9 Å². The molecule has 1 aliphatic rings. The Labute approximate surface area is 122 Å². The van der Waals surface area contributed by atoms with E-state index in [0.29, 0.717) is 6.42 Å². The van der Waals surface area contributed by atoms with Gasteiger partial charge in [0.2, 0.25) is 0 Å². The maximum Gasteiger partial charge on any atom is 0.417 e. The van der Waals surface area contributed by atoms with Gasteiger partial charge in [-0.15, -0.1) is 0 Å². The molecule has 0 saturated carbocycles. The molecule has 1 aromatic carbocycles. The number of carbonyl (C=O) groups excluding carboxylic acids is 1. The Kier molecular flexibility index (Phi) is 3.85. The minimum Gasteiger partial charge on any atom is -0.386 e. The van der Waals surface area contributed by atoms with Gasteiger partial charge in [0.25, 0.3) is 5.91 Å². The van der Waals surface area contributed by atoms with Gasteiger partial charge >= 0.3 is 6.18 Å². The fraction of sp³-hybridized carbons (Fsp3) is 0.462. The van der Waals surface area contributed by atoms with Crippen molar-refractivity contribution in [2.45, 2.75) is 25.1 Å². The second-order valence-corrected chi connectivity index (χ2v) is 5.84. The van der Waals surface area contributed by atoms with Crippen LogP contribution in [-0.2, 0) is 6.18 Å². The predicted octanol–water partition coefficient (Wildman–Crippen LogP) is 3.06. The van der Waals surface area contributed by atoms with E-state index < -0.39 is 23.2 Å². The maximum absolute atomic E-state index is 13.0. The number of β-amino-alcohol motifs (C(OH)–C–C–N with tert-alkyl or cyclic N) is 1. The van der Waals surface area contributed by atoms with E-state index in [1.54, 1.807) is 6.92 Å². The molecule has 0 spiro atoms. The first kappa shape index (κ1) is 15.3. The molecule has 0 bridgehead atoms. The van der Waals surface area contributed by atoms with Crippen molar-refractivity contribution in [3.8, 4) is 0 Å². The van der Waals surface area contributed by atoms with Crippen molar-refractivity contribution in [2.75, 3.05) is 13.1 Å². The van der Waals surface area contributed by atoms with E-state index in [9.17, 15) is 23.1 Å². The molecule has 0 radical (unpaired) electrons. The van der Waals surface area contributed by atoms with Gasteiger partial charge in [0, 0.05) is 4.47 Å². The molecule has 1 saturated heterocycles. The smallest absolute Gasteiger partial charge is 0.386 e. The lowest BCUT2D eigenvalue weighted by Gasteiger charge is -2.46. The number of nitrogens with zero attached hydrogens (tertiary/aromatic N) is 1. The summed E-state index contributed by atoms with van der Waals surface area (Å²) in [5.41, 5.74) is -2.33. The molecule has 1 amide bonds. The van der Waals surface area contributed by atoms with E-state index in [1.807, 2.05) is 0 Å². The summed E-state index contributed by atoms with van der Waals surface area (Å²) in [6.45, 7) is 1.90. The number of aliphatic hydroxyl groups is 1. The zero-order chi connectivity index (χ0) is 15.1. The fourth-order valence-corrected chi connectivity index (χ4v) is 2.50. The molecule has 2 rings (SSSR count). The molecular weight excluding hydrogens is 339 g/mol. The Balaban J connectivity index is 2.28. The van der Waals surface area contributed by atoms with Crippen LogP contribution >= 0.6 is 15.9 Å². The summed E-state index contributed by atoms with van der Waals surface area (Å²) in [6.07, 6.45) is -4.13. The van der Waals surface area contributed by atoms with Gasteiger partial charge in [-0.3, -0.25) is 4.79 Å². The largest absolute Gasteiger partial charge is 0.417 e. The molecular formula is C13H13BrF3NO2. The first-order valence-electron chi connectivity index (χ1n) is 6.05. The standard InChI is InChI=1S/C13H13BrF3NO2/c1-2-12(20)6-18(7-12)11(19)9-4-3-8(14)5-10(9)13(15,16)17/h3-5,20H,2,6-7H2,1H3. The van der Waals surface area contributed by atoms with Gasteiger partial charge < -0.3 is 10.0 Å². The summed E-state index contributed by atoms with van der Waals surface area (Å²) in [7, 11) is 0. The van der Waals surface area contributed by atoms with E-state index in [2.05, 4.69) is 15.9 Å². The van der Waals surface area contributed by atoms with Crippen molar-refractivity contribution < 1.29 is 23.1 Å². The van der Waals surface area contributed by atoms with Crippen molar-refractivity contribution in [1.29, 1.82) is 0 Å². The number of hydrogen-bond donors (Lipinski definition) is 1. The molecule has 0 atom stereocenters. The van der Waals surface area contributed by atoms with E-state index in [4.69, 9.17) is 0 Å². The molecule has 0 unspecified atom stereocenters. The molecule has 1 fully saturated rings. The van der Waals surface area contributed by atoms with E-state index >= 15 is 0 Å². The number of amides is 1. The van der Waals surface area contributed by atoms with Gasteiger partial charge in [-0.25, -0.2) is 0 Å². The third kappa shape index (κ3) is 2.83. The molecule has 0 aliphatic carbocycles. The highest BCUT2D eigenvalue weighted by Gasteiger charge is 2.44. The average molecular weight is 352 g/mol. The molecule has 110 valence electrons. The van der Waals surface area contributed by atoms with E-state index in [1.165, 1.54) is 11.0 Å². The quantitative estimate of drug-likeness (QED) is 0.889. The van der Waals surface area contributed by atoms with Crippen LogP contribution in [0.25, 0.3) is 0 Å². The summed E-state index contributed by atoms with van der Waals surface area (Å²) < 4.78 is 39.1. The zero-order valence-corrected chi connectivity index (χ0v) is 12.3. The van der Waals surface area contributed by atoms with Gasteiger partial charge in [-0.05, 0) is 24.6 Å². The highest BCUT2D eigenvalue weighted by Crippen LogP contribution is 2.35. The number of hydrogen-bond acceptors (Lipinski definition) is 2. The van der Waals surface area contributed by atoms with Crippen molar-refractivity contribution in [3.05, 3.63) is 33.8 Å². The Morgan fingerprint density at radius 1 is 1.45 bits per heavy atom. The number of rotatable bonds is 2. The molecule has 3 nitrogen and oxygen atoms in total. The van der Waals surface area contributed by atoms with Crippen LogP contribution in [0.3, 0.4) is 0 Å². The van der Waals surface area contributed by atoms with Crippen LogP contribution in [0.4, 0.5) is 13.2 Å². The lowest BCUT2D eigenvalue weighted by atomic mass is 9.90. The van der Waals surface area contributed by atoms with Crippen LogP contribution in [-0.4, -0.2) is 34.6 Å². The lowest BCUT2D eigenvalue weighted by molar-refractivity contribution is -0.138. The van der Waals surface area contributed by atoms with Crippen LogP contribution in [0.1, 0.15) is 29.3 Å². The number of likely N-dealkylation sites (tertiary alicyclic amines) is 1. The summed E-state index contributed by atoms with van der Waals surface area (Å²) >= 11 is 2.97. The number of carbonyl (C=O) groups is 1. The first-order chi connectivity index (χ1) is 9.16. The molecule has 1 aromatic rings. The Morgan fingerprint density at radius 3 is 2.55 bits per heavy atom. The summed E-state index contributed by atoms with van der Waals surface area (Å²) in [4.78, 5) is 13.3. The van der Waals surface area contributed by atoms with E-state index in [0.717, 1.165) is 12.1 Å². The van der Waals surface area contributed by atoms with Crippen LogP contribution in [0.15, 0.2) is 22.7 Å². The summed E-state index contributed by atoms with van der Waals surface area (Å²) in [5.74, 6) is -0.706. The number of alkyl halides is 3. The summed E-state index contributed by atoms with van der Waals surface area (Å²) in [6, 6.07) is 3.44. The third-order valence-corrected chi connectivity index (χ3v) is 3.93. The molecule has 1 aliphatic heterocycles. The zero-order valence-electron chi connectivity index (χ0n) is 10.7. The minimum absolute atomic E-state index is 0.0652. The molecule has 20 heavy (non-hydrogen) atoms. The Bertz CT molecular complexity index is 539. The van der Waals surface area contributed by atoms with Crippen LogP contribution < -0.4 is 0 Å². The summed E-state index contributed by atoms with van der Waals surface area (Å²) in [5, 5.41) is 9.83. The fourth-order valence-electron chi connectivity index (χ4n) is 2.14. The SMILES string of the molecule is CCC1(O)CN(C(=O)c2ccc(Br)cc2C(F)(F)F)C1. The highest BCUT2D eigenvalue weighted by atomic mass is 79.9. The van der Waals surface area contributed by atoms with Crippen molar-refractivity contribution in [3.63, 3.8) is 0 Å². The Hall–Kier alpha value is -1.08. The number of halogens is 4. The molecule has 1 N–H and O–H groups in total. The third-order valence-electron chi connectivity index (χ3n) is 3.43. The molecule has 1 heterocycles. The van der Waals surface area contributed by atoms with Crippen molar-refractivity contribution in [2.24, 2.45) is 0 Å². The van der Waals surface area contributed by atoms with Gasteiger partial charge in [-0.2, -0.15) is 13.2 Å². The Morgan fingerprint density at radius 2 is 2.05 bits per heavy atom. The lowest BCUT2D eigenvalue weighted by Crippen LogP contribution is -2.63. The van der Waals surface area contributed by atoms with Gasteiger partial charge in [0.05, 0.1) is 29.8 Å². The normalized spacial score (nSPS) is 17.8. The van der Waals surface area contributed by atoms with Gasteiger partial charge in [0.1, 0.15) is 0 Å². The van der Waals surface area contributed by atoms with Crippen LogP contribution in [0, 0.1) is 0 Å². The minimum atomic E-state index is -4.60. The number of benzene rings is 1. The second-order valence-electron chi connectivity index (χ2n) is 4.93. The second kappa shape index (κ2) is 5.04. The average Bonchev–Trinajstić information content (AvgIpc) is 2.33. The topological polar surface area (TPSA) is 40.5 Å². The van der Waals surface area contributed by atoms with E-state index in [-0.39, 0.29) is 23.1 Å². The first-order valence-corrected chi connectivity index (χ1v) is 6.84. The molecule has 0 aromatic heterocycles.